The number of hydrogen-bond acceptors (Lipinski definition) is 4. The maximum absolute atomic E-state index is 10.8. The third-order valence-electron chi connectivity index (χ3n) is 2.94. The second-order valence-corrected chi connectivity index (χ2v) is 5.01. The van der Waals surface area contributed by atoms with E-state index in [0.29, 0.717) is 31.5 Å². The van der Waals surface area contributed by atoms with Gasteiger partial charge in [0, 0.05) is 24.2 Å². The van der Waals surface area contributed by atoms with Crippen molar-refractivity contribution in [3.05, 3.63) is 21.7 Å². The van der Waals surface area contributed by atoms with Gasteiger partial charge in [0.1, 0.15) is 11.1 Å². The molecule has 18 heavy (non-hydrogen) atoms. The highest BCUT2D eigenvalue weighted by molar-refractivity contribution is 7.10. The van der Waals surface area contributed by atoms with E-state index in [2.05, 4.69) is 11.1 Å². The lowest BCUT2D eigenvalue weighted by atomic mass is 9.99. The van der Waals surface area contributed by atoms with E-state index in [1.807, 2.05) is 12.3 Å². The lowest BCUT2D eigenvalue weighted by molar-refractivity contribution is 0.142. The van der Waals surface area contributed by atoms with Crippen LogP contribution in [0, 0.1) is 18.3 Å². The summed E-state index contributed by atoms with van der Waals surface area (Å²) in [7, 11) is 0. The summed E-state index contributed by atoms with van der Waals surface area (Å²) in [6.45, 7) is 2.81. The number of carbonyl (C=O) groups is 1. The molecule has 0 radical (unpaired) electrons. The molecule has 2 heterocycles. The molecule has 1 aliphatic heterocycles. The average Bonchev–Trinajstić information content (AvgIpc) is 2.77. The standard InChI is InChI=1S/C12H13N3O2S/c1-8-7-18-11(14-8)10(6-13)9-2-4-15(5-3-9)12(16)17/h7H,2-5H2,1H3,(H,16,17). The number of nitrogens with zero attached hydrogens (tertiary/aromatic N) is 3. The minimum absolute atomic E-state index is 0.459. The lowest BCUT2D eigenvalue weighted by Gasteiger charge is -2.26. The summed E-state index contributed by atoms with van der Waals surface area (Å²) in [6, 6.07) is 2.21. The van der Waals surface area contributed by atoms with E-state index in [1.165, 1.54) is 16.2 Å². The normalized spacial score (nSPS) is 15.3. The number of hydrogen-bond donors (Lipinski definition) is 1. The van der Waals surface area contributed by atoms with Crippen molar-refractivity contribution in [2.75, 3.05) is 13.1 Å². The minimum Gasteiger partial charge on any atom is -0.465 e. The fraction of sp³-hybridized carbons (Fsp3) is 0.417. The zero-order valence-electron chi connectivity index (χ0n) is 10.0. The maximum atomic E-state index is 10.8. The molecule has 6 heteroatoms. The summed E-state index contributed by atoms with van der Waals surface area (Å²) < 4.78 is 0. The molecule has 1 saturated heterocycles. The number of piperidine rings is 1. The third-order valence-corrected chi connectivity index (χ3v) is 3.91. The molecule has 5 nitrogen and oxygen atoms in total. The van der Waals surface area contributed by atoms with Gasteiger partial charge in [-0.1, -0.05) is 0 Å². The summed E-state index contributed by atoms with van der Waals surface area (Å²) in [5.74, 6) is 0. The van der Waals surface area contributed by atoms with E-state index in [9.17, 15) is 10.1 Å². The fourth-order valence-corrected chi connectivity index (χ4v) is 2.80. The Bertz CT molecular complexity index is 532. The molecule has 94 valence electrons. The molecular weight excluding hydrogens is 250 g/mol. The van der Waals surface area contributed by atoms with Crippen LogP contribution in [0.2, 0.25) is 0 Å². The van der Waals surface area contributed by atoms with Gasteiger partial charge in [-0.05, 0) is 25.3 Å². The van der Waals surface area contributed by atoms with Crippen molar-refractivity contribution in [2.45, 2.75) is 19.8 Å². The average molecular weight is 263 g/mol. The van der Waals surface area contributed by atoms with E-state index < -0.39 is 6.09 Å². The number of carboxylic acid groups (broad SMARTS) is 1. The Morgan fingerprint density at radius 3 is 2.67 bits per heavy atom. The molecule has 1 N–H and O–H groups in total. The van der Waals surface area contributed by atoms with E-state index in [-0.39, 0.29) is 0 Å². The van der Waals surface area contributed by atoms with Crippen LogP contribution in [0.4, 0.5) is 4.79 Å². The summed E-state index contributed by atoms with van der Waals surface area (Å²) in [5, 5.41) is 20.8. The monoisotopic (exact) mass is 263 g/mol. The highest BCUT2D eigenvalue weighted by atomic mass is 32.1. The molecule has 1 aliphatic rings. The van der Waals surface area contributed by atoms with Gasteiger partial charge in [-0.15, -0.1) is 11.3 Å². The molecule has 1 aromatic rings. The largest absolute Gasteiger partial charge is 0.465 e. The van der Waals surface area contributed by atoms with Crippen LogP contribution in [0.3, 0.4) is 0 Å². The second-order valence-electron chi connectivity index (χ2n) is 4.15. The number of aromatic nitrogens is 1. The van der Waals surface area contributed by atoms with Crippen molar-refractivity contribution in [1.82, 2.24) is 9.88 Å². The maximum Gasteiger partial charge on any atom is 0.407 e. The Morgan fingerprint density at radius 2 is 2.22 bits per heavy atom. The second kappa shape index (κ2) is 5.19. The molecule has 0 aromatic carbocycles. The van der Waals surface area contributed by atoms with Gasteiger partial charge >= 0.3 is 6.09 Å². The van der Waals surface area contributed by atoms with Gasteiger partial charge in [0.2, 0.25) is 0 Å². The Labute approximate surface area is 109 Å². The van der Waals surface area contributed by atoms with Crippen LogP contribution in [-0.4, -0.2) is 34.2 Å². The van der Waals surface area contributed by atoms with Gasteiger partial charge in [0.25, 0.3) is 0 Å². The van der Waals surface area contributed by atoms with Crippen LogP contribution in [0.25, 0.3) is 5.57 Å². The van der Waals surface area contributed by atoms with Crippen molar-refractivity contribution >= 4 is 23.0 Å². The van der Waals surface area contributed by atoms with Crippen molar-refractivity contribution in [3.8, 4) is 6.07 Å². The molecule has 0 unspecified atom stereocenters. The number of allylic oxidation sites excluding steroid dienone is 1. The van der Waals surface area contributed by atoms with E-state index in [1.54, 1.807) is 0 Å². The Hall–Kier alpha value is -1.87. The first kappa shape index (κ1) is 12.6. The van der Waals surface area contributed by atoms with Crippen molar-refractivity contribution in [2.24, 2.45) is 0 Å². The number of likely N-dealkylation sites (tertiary alicyclic amines) is 1. The Morgan fingerprint density at radius 1 is 1.56 bits per heavy atom. The van der Waals surface area contributed by atoms with E-state index in [0.717, 1.165) is 16.3 Å². The molecule has 0 bridgehead atoms. The topological polar surface area (TPSA) is 77.2 Å². The van der Waals surface area contributed by atoms with Crippen LogP contribution >= 0.6 is 11.3 Å². The zero-order valence-corrected chi connectivity index (χ0v) is 10.8. The number of aryl methyl sites for hydroxylation is 1. The number of thiazole rings is 1. The molecule has 1 fully saturated rings. The Balaban J connectivity index is 2.21. The number of rotatable bonds is 1. The summed E-state index contributed by atoms with van der Waals surface area (Å²) in [4.78, 5) is 16.5. The van der Waals surface area contributed by atoms with Crippen molar-refractivity contribution < 1.29 is 9.90 Å². The first-order chi connectivity index (χ1) is 8.61. The summed E-state index contributed by atoms with van der Waals surface area (Å²) in [5.41, 5.74) is 2.55. The van der Waals surface area contributed by atoms with Crippen molar-refractivity contribution in [3.63, 3.8) is 0 Å². The molecule has 0 aliphatic carbocycles. The fourth-order valence-electron chi connectivity index (χ4n) is 1.96. The van der Waals surface area contributed by atoms with Crippen molar-refractivity contribution in [1.29, 1.82) is 5.26 Å². The molecule has 0 saturated carbocycles. The summed E-state index contributed by atoms with van der Waals surface area (Å²) >= 11 is 1.46. The Kier molecular flexibility index (Phi) is 3.63. The van der Waals surface area contributed by atoms with E-state index in [4.69, 9.17) is 5.11 Å². The van der Waals surface area contributed by atoms with Crippen LogP contribution in [0.5, 0.6) is 0 Å². The molecule has 1 aromatic heterocycles. The first-order valence-corrected chi connectivity index (χ1v) is 6.52. The highest BCUT2D eigenvalue weighted by Crippen LogP contribution is 2.28. The molecule has 0 spiro atoms. The van der Waals surface area contributed by atoms with Crippen LogP contribution < -0.4 is 0 Å². The smallest absolute Gasteiger partial charge is 0.407 e. The van der Waals surface area contributed by atoms with Crippen LogP contribution in [0.15, 0.2) is 11.0 Å². The van der Waals surface area contributed by atoms with Gasteiger partial charge < -0.3 is 10.0 Å². The minimum atomic E-state index is -0.891. The van der Waals surface area contributed by atoms with Crippen LogP contribution in [0.1, 0.15) is 23.5 Å². The third kappa shape index (κ3) is 2.51. The highest BCUT2D eigenvalue weighted by Gasteiger charge is 2.21. The first-order valence-electron chi connectivity index (χ1n) is 5.64. The SMILES string of the molecule is Cc1csc(C(C#N)=C2CCN(C(=O)O)CC2)n1. The molecule has 2 rings (SSSR count). The van der Waals surface area contributed by atoms with E-state index >= 15 is 0 Å². The summed E-state index contributed by atoms with van der Waals surface area (Å²) in [6.07, 6.45) is 0.347. The predicted octanol–water partition coefficient (Wildman–Crippen LogP) is 2.50. The number of nitriles is 1. The lowest BCUT2D eigenvalue weighted by Crippen LogP contribution is -2.35. The van der Waals surface area contributed by atoms with Gasteiger partial charge in [0.15, 0.2) is 0 Å². The zero-order chi connectivity index (χ0) is 13.1. The van der Waals surface area contributed by atoms with Crippen LogP contribution in [-0.2, 0) is 0 Å². The van der Waals surface area contributed by atoms with Gasteiger partial charge in [0.05, 0.1) is 5.57 Å². The van der Waals surface area contributed by atoms with Gasteiger partial charge in [-0.25, -0.2) is 9.78 Å². The molecule has 1 amide bonds. The quantitative estimate of drug-likeness (QED) is 0.790. The molecular formula is C12H13N3O2S. The number of amides is 1. The molecule has 0 atom stereocenters. The van der Waals surface area contributed by atoms with Gasteiger partial charge in [-0.2, -0.15) is 5.26 Å². The van der Waals surface area contributed by atoms with Gasteiger partial charge in [-0.3, -0.25) is 0 Å². The predicted molar refractivity (Wildman–Crippen MR) is 68.2 cm³/mol.